The Kier molecular flexibility index (Phi) is 4.72. The number of nitriles is 1. The number of hydrogen-bond acceptors (Lipinski definition) is 5. The van der Waals surface area contributed by atoms with Gasteiger partial charge in [-0.15, -0.1) is 0 Å². The molecule has 0 fully saturated rings. The first-order valence-corrected chi connectivity index (χ1v) is 6.96. The van der Waals surface area contributed by atoms with Gasteiger partial charge in [0.2, 0.25) is 0 Å². The highest BCUT2D eigenvalue weighted by molar-refractivity contribution is 5.64. The topological polar surface area (TPSA) is 73.6 Å². The van der Waals surface area contributed by atoms with Crippen LogP contribution in [0.5, 0.6) is 0 Å². The standard InChI is InChI=1S/C16H19N5/c1-4-14-20-15(18-3)11(2)16(21-14)19-13-7-5-12(6-8-13)9-10-17/h5-8H,4,9H2,1-3H3,(H2,18,19,20,21). The lowest BCUT2D eigenvalue weighted by atomic mass is 10.1. The van der Waals surface area contributed by atoms with Crippen molar-refractivity contribution in [3.8, 4) is 6.07 Å². The Bertz CT molecular complexity index is 656. The van der Waals surface area contributed by atoms with Gasteiger partial charge >= 0.3 is 0 Å². The lowest BCUT2D eigenvalue weighted by Crippen LogP contribution is -2.06. The monoisotopic (exact) mass is 281 g/mol. The number of aryl methyl sites for hydroxylation is 1. The molecule has 2 aromatic rings. The maximum Gasteiger partial charge on any atom is 0.139 e. The maximum atomic E-state index is 8.69. The first kappa shape index (κ1) is 14.8. The summed E-state index contributed by atoms with van der Waals surface area (Å²) in [6.45, 7) is 4.02. The van der Waals surface area contributed by atoms with Gasteiger partial charge < -0.3 is 10.6 Å². The SMILES string of the molecule is CCc1nc(NC)c(C)c(Nc2ccc(CC#N)cc2)n1. The number of anilines is 3. The minimum absolute atomic E-state index is 0.427. The highest BCUT2D eigenvalue weighted by Crippen LogP contribution is 2.23. The van der Waals surface area contributed by atoms with Crippen molar-refractivity contribution in [2.75, 3.05) is 17.7 Å². The number of nitrogens with one attached hydrogen (secondary N) is 2. The van der Waals surface area contributed by atoms with Gasteiger partial charge in [-0.05, 0) is 24.6 Å². The van der Waals surface area contributed by atoms with E-state index >= 15 is 0 Å². The highest BCUT2D eigenvalue weighted by Gasteiger charge is 2.09. The molecule has 1 aromatic carbocycles. The number of aromatic nitrogens is 2. The highest BCUT2D eigenvalue weighted by atomic mass is 15.1. The molecule has 5 heteroatoms. The molecule has 0 aliphatic heterocycles. The molecule has 0 aliphatic carbocycles. The van der Waals surface area contributed by atoms with Gasteiger partial charge in [-0.3, -0.25) is 0 Å². The number of nitrogens with zero attached hydrogens (tertiary/aromatic N) is 3. The van der Waals surface area contributed by atoms with Crippen molar-refractivity contribution in [2.24, 2.45) is 0 Å². The third-order valence-electron chi connectivity index (χ3n) is 3.25. The number of rotatable bonds is 5. The summed E-state index contributed by atoms with van der Waals surface area (Å²) < 4.78 is 0. The van der Waals surface area contributed by atoms with Gasteiger partial charge in [0.15, 0.2) is 0 Å². The van der Waals surface area contributed by atoms with Crippen LogP contribution in [0.1, 0.15) is 23.9 Å². The normalized spacial score (nSPS) is 10.0. The van der Waals surface area contributed by atoms with Crippen molar-refractivity contribution in [3.05, 3.63) is 41.2 Å². The van der Waals surface area contributed by atoms with E-state index in [1.54, 1.807) is 0 Å². The summed E-state index contributed by atoms with van der Waals surface area (Å²) in [5.41, 5.74) is 2.94. The molecular weight excluding hydrogens is 262 g/mol. The van der Waals surface area contributed by atoms with E-state index in [4.69, 9.17) is 5.26 Å². The van der Waals surface area contributed by atoms with Crippen LogP contribution in [0.3, 0.4) is 0 Å². The Labute approximate surface area is 125 Å². The summed E-state index contributed by atoms with van der Waals surface area (Å²) in [7, 11) is 1.86. The van der Waals surface area contributed by atoms with E-state index in [2.05, 4.69) is 26.7 Å². The fraction of sp³-hybridized carbons (Fsp3) is 0.312. The quantitative estimate of drug-likeness (QED) is 0.880. The molecule has 0 atom stereocenters. The van der Waals surface area contributed by atoms with E-state index in [9.17, 15) is 0 Å². The molecule has 2 N–H and O–H groups in total. The molecule has 0 radical (unpaired) electrons. The molecule has 1 heterocycles. The minimum Gasteiger partial charge on any atom is -0.373 e. The van der Waals surface area contributed by atoms with E-state index in [-0.39, 0.29) is 0 Å². The van der Waals surface area contributed by atoms with Gasteiger partial charge in [0.05, 0.1) is 12.5 Å². The summed E-state index contributed by atoms with van der Waals surface area (Å²) >= 11 is 0. The third kappa shape index (κ3) is 3.48. The van der Waals surface area contributed by atoms with Gasteiger partial charge in [-0.2, -0.15) is 5.26 Å². The first-order chi connectivity index (χ1) is 10.2. The molecule has 0 bridgehead atoms. The average molecular weight is 281 g/mol. The van der Waals surface area contributed by atoms with Crippen LogP contribution in [0, 0.1) is 18.3 Å². The van der Waals surface area contributed by atoms with Crippen molar-refractivity contribution in [2.45, 2.75) is 26.7 Å². The molecular formula is C16H19N5. The van der Waals surface area contributed by atoms with Crippen LogP contribution in [0.15, 0.2) is 24.3 Å². The fourth-order valence-corrected chi connectivity index (χ4v) is 2.02. The lowest BCUT2D eigenvalue weighted by molar-refractivity contribution is 0.935. The summed E-state index contributed by atoms with van der Waals surface area (Å²) in [4.78, 5) is 8.99. The van der Waals surface area contributed by atoms with Gasteiger partial charge in [-0.1, -0.05) is 19.1 Å². The van der Waals surface area contributed by atoms with Crippen molar-refractivity contribution < 1.29 is 0 Å². The zero-order valence-electron chi connectivity index (χ0n) is 12.6. The molecule has 0 spiro atoms. The lowest BCUT2D eigenvalue weighted by Gasteiger charge is -2.13. The van der Waals surface area contributed by atoms with Crippen LogP contribution in [-0.2, 0) is 12.8 Å². The van der Waals surface area contributed by atoms with Gasteiger partial charge in [0.1, 0.15) is 17.5 Å². The van der Waals surface area contributed by atoms with E-state index in [1.165, 1.54) is 0 Å². The van der Waals surface area contributed by atoms with Crippen molar-refractivity contribution in [1.29, 1.82) is 5.26 Å². The average Bonchev–Trinajstić information content (AvgIpc) is 2.51. The van der Waals surface area contributed by atoms with Crippen LogP contribution < -0.4 is 10.6 Å². The second-order valence-corrected chi connectivity index (χ2v) is 4.72. The molecule has 1 aromatic heterocycles. The molecule has 108 valence electrons. The van der Waals surface area contributed by atoms with Crippen LogP contribution in [0.4, 0.5) is 17.3 Å². The van der Waals surface area contributed by atoms with Gasteiger partial charge in [0.25, 0.3) is 0 Å². The van der Waals surface area contributed by atoms with Crippen molar-refractivity contribution in [3.63, 3.8) is 0 Å². The third-order valence-corrected chi connectivity index (χ3v) is 3.25. The van der Waals surface area contributed by atoms with Crippen LogP contribution in [0.2, 0.25) is 0 Å². The first-order valence-electron chi connectivity index (χ1n) is 6.96. The molecule has 0 unspecified atom stereocenters. The van der Waals surface area contributed by atoms with E-state index in [0.717, 1.165) is 40.7 Å². The predicted octanol–water partition coefficient (Wildman–Crippen LogP) is 3.20. The van der Waals surface area contributed by atoms with Crippen LogP contribution in [-0.4, -0.2) is 17.0 Å². The molecule has 0 saturated carbocycles. The molecule has 2 rings (SSSR count). The largest absolute Gasteiger partial charge is 0.373 e. The van der Waals surface area contributed by atoms with Crippen molar-refractivity contribution >= 4 is 17.3 Å². The molecule has 0 aliphatic rings. The van der Waals surface area contributed by atoms with E-state index in [1.807, 2.05) is 45.2 Å². The Morgan fingerprint density at radius 1 is 1.14 bits per heavy atom. The van der Waals surface area contributed by atoms with Crippen LogP contribution in [0.25, 0.3) is 0 Å². The maximum absolute atomic E-state index is 8.69. The summed E-state index contributed by atoms with van der Waals surface area (Å²) in [5.74, 6) is 2.44. The minimum atomic E-state index is 0.427. The Morgan fingerprint density at radius 3 is 2.38 bits per heavy atom. The summed E-state index contributed by atoms with van der Waals surface area (Å²) in [6.07, 6.45) is 1.21. The second-order valence-electron chi connectivity index (χ2n) is 4.72. The number of benzene rings is 1. The molecule has 0 saturated heterocycles. The molecule has 21 heavy (non-hydrogen) atoms. The second kappa shape index (κ2) is 6.71. The smallest absolute Gasteiger partial charge is 0.139 e. The van der Waals surface area contributed by atoms with E-state index in [0.29, 0.717) is 6.42 Å². The zero-order chi connectivity index (χ0) is 15.2. The molecule has 0 amide bonds. The van der Waals surface area contributed by atoms with Crippen LogP contribution >= 0.6 is 0 Å². The Hall–Kier alpha value is -2.61. The summed E-state index contributed by atoms with van der Waals surface area (Å²) in [5, 5.41) is 15.1. The fourth-order valence-electron chi connectivity index (χ4n) is 2.02. The van der Waals surface area contributed by atoms with E-state index < -0.39 is 0 Å². The Morgan fingerprint density at radius 2 is 1.81 bits per heavy atom. The molecule has 5 nitrogen and oxygen atoms in total. The van der Waals surface area contributed by atoms with Gasteiger partial charge in [-0.25, -0.2) is 9.97 Å². The van der Waals surface area contributed by atoms with Crippen molar-refractivity contribution in [1.82, 2.24) is 9.97 Å². The number of hydrogen-bond donors (Lipinski definition) is 2. The Balaban J connectivity index is 2.28. The van der Waals surface area contributed by atoms with Gasteiger partial charge in [0, 0.05) is 24.7 Å². The predicted molar refractivity (Wildman–Crippen MR) is 84.7 cm³/mol. The summed E-state index contributed by atoms with van der Waals surface area (Å²) in [6, 6.07) is 9.95. The zero-order valence-corrected chi connectivity index (χ0v) is 12.6.